The molecule has 0 aliphatic heterocycles. The van der Waals surface area contributed by atoms with Gasteiger partial charge in [0.2, 0.25) is 0 Å². The Morgan fingerprint density at radius 2 is 1.42 bits per heavy atom. The molecule has 0 rings (SSSR count). The predicted octanol–water partition coefficient (Wildman–Crippen LogP) is 4.09. The molecule has 0 amide bonds. The van der Waals surface area contributed by atoms with E-state index in [1.807, 2.05) is 6.08 Å². The van der Waals surface area contributed by atoms with Crippen LogP contribution in [0.3, 0.4) is 0 Å². The van der Waals surface area contributed by atoms with Crippen molar-refractivity contribution in [1.29, 1.82) is 0 Å². The molecule has 3 heteroatoms. The van der Waals surface area contributed by atoms with Crippen molar-refractivity contribution in [3.63, 3.8) is 0 Å². The van der Waals surface area contributed by atoms with E-state index in [0.717, 1.165) is 12.8 Å². The molecule has 3 nitrogen and oxygen atoms in total. The van der Waals surface area contributed by atoms with E-state index < -0.39 is 5.97 Å². The van der Waals surface area contributed by atoms with Crippen molar-refractivity contribution >= 4 is 5.97 Å². The van der Waals surface area contributed by atoms with Gasteiger partial charge in [0.15, 0.2) is 0 Å². The van der Waals surface area contributed by atoms with Crippen LogP contribution < -0.4 is 0 Å². The van der Waals surface area contributed by atoms with Crippen molar-refractivity contribution in [3.8, 4) is 0 Å². The smallest absolute Gasteiger partial charge is 0.330 e. The van der Waals surface area contributed by atoms with Crippen LogP contribution in [0.2, 0.25) is 0 Å². The molecule has 0 aromatic heterocycles. The summed E-state index contributed by atoms with van der Waals surface area (Å²) in [6.45, 7) is 2.87. The van der Waals surface area contributed by atoms with Gasteiger partial charge in [0.25, 0.3) is 0 Å². The number of rotatable bonds is 12. The first-order valence-electron chi connectivity index (χ1n) is 7.59. The highest BCUT2D eigenvalue weighted by Crippen LogP contribution is 2.10. The zero-order chi connectivity index (χ0) is 14.5. The minimum absolute atomic E-state index is 0.473. The summed E-state index contributed by atoms with van der Waals surface area (Å²) in [4.78, 5) is 12.8. The highest BCUT2D eigenvalue weighted by molar-refractivity contribution is 5.85. The summed E-state index contributed by atoms with van der Waals surface area (Å²) in [5.74, 6) is -0.794. The summed E-state index contributed by atoms with van der Waals surface area (Å²) in [6.07, 6.45) is 13.0. The van der Waals surface area contributed by atoms with Crippen LogP contribution in [0.15, 0.2) is 11.6 Å². The van der Waals surface area contributed by atoms with Crippen LogP contribution in [0.25, 0.3) is 0 Å². The minimum atomic E-state index is -0.794. The number of carbonyl (C=O) groups is 1. The summed E-state index contributed by atoms with van der Waals surface area (Å²) >= 11 is 0. The Kier molecular flexibility index (Phi) is 11.7. The van der Waals surface area contributed by atoms with Gasteiger partial charge in [0.05, 0.1) is 0 Å². The molecule has 0 unspecified atom stereocenters. The quantitative estimate of drug-likeness (QED) is 0.428. The minimum Gasteiger partial charge on any atom is -0.478 e. The molecule has 0 radical (unpaired) electrons. The van der Waals surface area contributed by atoms with Crippen LogP contribution >= 0.6 is 0 Å². The predicted molar refractivity (Wildman–Crippen MR) is 81.5 cm³/mol. The lowest BCUT2D eigenvalue weighted by Gasteiger charge is -2.08. The number of unbranched alkanes of at least 4 members (excludes halogenated alkanes) is 8. The van der Waals surface area contributed by atoms with Crippen molar-refractivity contribution in [2.75, 3.05) is 20.6 Å². The molecule has 0 atom stereocenters. The molecule has 0 heterocycles. The first kappa shape index (κ1) is 18.2. The molecular weight excluding hydrogens is 238 g/mol. The average Bonchev–Trinajstić information content (AvgIpc) is 2.35. The topological polar surface area (TPSA) is 40.5 Å². The molecule has 0 aromatic rings. The third-order valence-corrected chi connectivity index (χ3v) is 3.35. The molecular formula is C16H31NO2. The van der Waals surface area contributed by atoms with Gasteiger partial charge in [0.1, 0.15) is 0 Å². The largest absolute Gasteiger partial charge is 0.478 e. The first-order valence-corrected chi connectivity index (χ1v) is 7.59. The molecule has 19 heavy (non-hydrogen) atoms. The monoisotopic (exact) mass is 269 g/mol. The van der Waals surface area contributed by atoms with E-state index in [9.17, 15) is 4.79 Å². The number of hydrogen-bond donors (Lipinski definition) is 1. The second-order valence-corrected chi connectivity index (χ2v) is 5.61. The number of nitrogens with zero attached hydrogens (tertiary/aromatic N) is 1. The van der Waals surface area contributed by atoms with Gasteiger partial charge in [-0.15, -0.1) is 0 Å². The third kappa shape index (κ3) is 13.4. The Bertz CT molecular complexity index is 259. The number of hydrogen-bond acceptors (Lipinski definition) is 2. The fraction of sp³-hybridized carbons (Fsp3) is 0.812. The van der Waals surface area contributed by atoms with Gasteiger partial charge in [-0.3, -0.25) is 0 Å². The second kappa shape index (κ2) is 12.2. The average molecular weight is 269 g/mol. The Balaban J connectivity index is 3.19. The maximum Gasteiger partial charge on any atom is 0.330 e. The van der Waals surface area contributed by atoms with E-state index in [1.165, 1.54) is 51.5 Å². The lowest BCUT2D eigenvalue weighted by atomic mass is 10.1. The molecule has 112 valence electrons. The Morgan fingerprint density at radius 1 is 0.947 bits per heavy atom. The summed E-state index contributed by atoms with van der Waals surface area (Å²) in [5, 5.41) is 8.69. The van der Waals surface area contributed by atoms with Gasteiger partial charge >= 0.3 is 5.97 Å². The van der Waals surface area contributed by atoms with Crippen molar-refractivity contribution < 1.29 is 9.90 Å². The van der Waals surface area contributed by atoms with E-state index in [4.69, 9.17) is 5.11 Å². The normalized spacial score (nSPS) is 12.1. The van der Waals surface area contributed by atoms with E-state index in [2.05, 4.69) is 19.0 Å². The van der Waals surface area contributed by atoms with E-state index in [1.54, 1.807) is 6.92 Å². The first-order chi connectivity index (χ1) is 9.04. The Morgan fingerprint density at radius 3 is 1.89 bits per heavy atom. The molecule has 0 spiro atoms. The molecule has 0 saturated carbocycles. The molecule has 0 fully saturated rings. The van der Waals surface area contributed by atoms with Gasteiger partial charge in [-0.05, 0) is 46.8 Å². The number of allylic oxidation sites excluding steroid dienone is 1. The van der Waals surface area contributed by atoms with Gasteiger partial charge < -0.3 is 10.0 Å². The number of carboxylic acid groups (broad SMARTS) is 1. The highest BCUT2D eigenvalue weighted by Gasteiger charge is 1.98. The van der Waals surface area contributed by atoms with E-state index in [-0.39, 0.29) is 0 Å². The van der Waals surface area contributed by atoms with Crippen molar-refractivity contribution in [2.45, 2.75) is 64.7 Å². The Labute approximate surface area is 118 Å². The zero-order valence-electron chi connectivity index (χ0n) is 13.0. The molecule has 0 aliphatic rings. The third-order valence-electron chi connectivity index (χ3n) is 3.35. The maximum absolute atomic E-state index is 10.6. The van der Waals surface area contributed by atoms with Crippen LogP contribution in [-0.2, 0) is 4.79 Å². The van der Waals surface area contributed by atoms with Crippen LogP contribution in [0, 0.1) is 0 Å². The van der Waals surface area contributed by atoms with Crippen molar-refractivity contribution in [2.24, 2.45) is 0 Å². The lowest BCUT2D eigenvalue weighted by Crippen LogP contribution is -2.12. The van der Waals surface area contributed by atoms with Crippen LogP contribution in [0.1, 0.15) is 64.7 Å². The van der Waals surface area contributed by atoms with E-state index >= 15 is 0 Å². The van der Waals surface area contributed by atoms with Crippen molar-refractivity contribution in [3.05, 3.63) is 11.6 Å². The van der Waals surface area contributed by atoms with Crippen LogP contribution in [-0.4, -0.2) is 36.6 Å². The fourth-order valence-electron chi connectivity index (χ4n) is 2.04. The summed E-state index contributed by atoms with van der Waals surface area (Å²) in [6, 6.07) is 0. The summed E-state index contributed by atoms with van der Waals surface area (Å²) in [7, 11) is 4.25. The number of carboxylic acids is 1. The second-order valence-electron chi connectivity index (χ2n) is 5.61. The van der Waals surface area contributed by atoms with E-state index in [0.29, 0.717) is 5.57 Å². The lowest BCUT2D eigenvalue weighted by molar-refractivity contribution is -0.132. The van der Waals surface area contributed by atoms with Crippen molar-refractivity contribution in [1.82, 2.24) is 4.90 Å². The number of aliphatic carboxylic acids is 1. The molecule has 0 saturated heterocycles. The van der Waals surface area contributed by atoms with Gasteiger partial charge in [0, 0.05) is 5.57 Å². The highest BCUT2D eigenvalue weighted by atomic mass is 16.4. The van der Waals surface area contributed by atoms with Gasteiger partial charge in [-0.25, -0.2) is 4.79 Å². The standard InChI is InChI=1S/C16H31NO2/c1-15(16(18)19)13-11-9-7-5-4-6-8-10-12-14-17(2)3/h13H,4-12,14H2,1-3H3,(H,18,19). The molecule has 0 aromatic carbocycles. The Hall–Kier alpha value is -0.830. The van der Waals surface area contributed by atoms with Crippen LogP contribution in [0.4, 0.5) is 0 Å². The fourth-order valence-corrected chi connectivity index (χ4v) is 2.04. The summed E-state index contributed by atoms with van der Waals surface area (Å²) in [5.41, 5.74) is 0.473. The zero-order valence-corrected chi connectivity index (χ0v) is 13.0. The molecule has 0 aliphatic carbocycles. The summed E-state index contributed by atoms with van der Waals surface area (Å²) < 4.78 is 0. The van der Waals surface area contributed by atoms with Gasteiger partial charge in [-0.2, -0.15) is 0 Å². The molecule has 1 N–H and O–H groups in total. The maximum atomic E-state index is 10.6. The molecule has 0 bridgehead atoms. The van der Waals surface area contributed by atoms with Crippen LogP contribution in [0.5, 0.6) is 0 Å². The van der Waals surface area contributed by atoms with Gasteiger partial charge in [-0.1, -0.05) is 44.6 Å². The SMILES string of the molecule is CC(=CCCCCCCCCCCN(C)C)C(=O)O.